The van der Waals surface area contributed by atoms with Gasteiger partial charge in [-0.15, -0.1) is 0 Å². The average molecular weight is 355 g/mol. The van der Waals surface area contributed by atoms with Gasteiger partial charge in [-0.2, -0.15) is 4.98 Å². The van der Waals surface area contributed by atoms with Crippen LogP contribution in [-0.4, -0.2) is 32.3 Å². The summed E-state index contributed by atoms with van der Waals surface area (Å²) in [6, 6.07) is 7.74. The minimum Gasteiger partial charge on any atom is -0.497 e. The van der Waals surface area contributed by atoms with Crippen LogP contribution in [0.1, 0.15) is 6.92 Å². The molecule has 8 nitrogen and oxygen atoms in total. The van der Waals surface area contributed by atoms with Crippen LogP contribution < -0.4 is 20.9 Å². The Morgan fingerprint density at radius 2 is 1.77 bits per heavy atom. The zero-order valence-corrected chi connectivity index (χ0v) is 15.3. The first-order valence-electron chi connectivity index (χ1n) is 8.50. The summed E-state index contributed by atoms with van der Waals surface area (Å²) in [4.78, 5) is 31.7. The summed E-state index contributed by atoms with van der Waals surface area (Å²) in [5, 5.41) is 0. The van der Waals surface area contributed by atoms with Gasteiger partial charge in [0, 0.05) is 32.9 Å². The smallest absolute Gasteiger partial charge is 0.332 e. The van der Waals surface area contributed by atoms with Crippen LogP contribution in [0.15, 0.2) is 33.9 Å². The van der Waals surface area contributed by atoms with Gasteiger partial charge in [-0.3, -0.25) is 13.9 Å². The molecule has 26 heavy (non-hydrogen) atoms. The third-order valence-electron chi connectivity index (χ3n) is 4.94. The van der Waals surface area contributed by atoms with Crippen LogP contribution in [0.2, 0.25) is 0 Å². The summed E-state index contributed by atoms with van der Waals surface area (Å²) < 4.78 is 9.72. The highest BCUT2D eigenvalue weighted by Gasteiger charge is 2.29. The van der Waals surface area contributed by atoms with Crippen molar-refractivity contribution < 1.29 is 4.74 Å². The number of ether oxygens (including phenoxy) is 1. The molecule has 1 atom stereocenters. The Morgan fingerprint density at radius 3 is 2.42 bits per heavy atom. The van der Waals surface area contributed by atoms with Gasteiger partial charge in [-0.25, -0.2) is 4.79 Å². The topological polar surface area (TPSA) is 74.3 Å². The Hall–Kier alpha value is -3.03. The first-order valence-corrected chi connectivity index (χ1v) is 8.50. The van der Waals surface area contributed by atoms with E-state index in [2.05, 4.69) is 16.8 Å². The molecule has 0 radical (unpaired) electrons. The number of fused-ring (bicyclic) bond motifs is 3. The lowest BCUT2D eigenvalue weighted by Gasteiger charge is -2.33. The number of benzene rings is 1. The molecular weight excluding hydrogens is 334 g/mol. The molecule has 136 valence electrons. The second kappa shape index (κ2) is 5.76. The molecule has 0 saturated heterocycles. The molecule has 0 amide bonds. The van der Waals surface area contributed by atoms with Crippen molar-refractivity contribution in [1.82, 2.24) is 18.7 Å². The van der Waals surface area contributed by atoms with Gasteiger partial charge in [0.15, 0.2) is 11.2 Å². The van der Waals surface area contributed by atoms with Crippen LogP contribution in [0.3, 0.4) is 0 Å². The number of imidazole rings is 1. The van der Waals surface area contributed by atoms with E-state index in [1.807, 2.05) is 28.8 Å². The van der Waals surface area contributed by atoms with E-state index in [4.69, 9.17) is 4.74 Å². The summed E-state index contributed by atoms with van der Waals surface area (Å²) in [5.74, 6) is 1.79. The van der Waals surface area contributed by atoms with Crippen molar-refractivity contribution in [2.45, 2.75) is 13.5 Å². The number of anilines is 2. The van der Waals surface area contributed by atoms with Gasteiger partial charge in [0.05, 0.1) is 7.11 Å². The van der Waals surface area contributed by atoms with E-state index in [9.17, 15) is 9.59 Å². The van der Waals surface area contributed by atoms with Gasteiger partial charge in [0.25, 0.3) is 5.56 Å². The molecular formula is C18H21N5O3. The van der Waals surface area contributed by atoms with Crippen LogP contribution in [-0.2, 0) is 20.6 Å². The summed E-state index contributed by atoms with van der Waals surface area (Å²) in [6.45, 7) is 3.60. The van der Waals surface area contributed by atoms with Crippen molar-refractivity contribution in [1.29, 1.82) is 0 Å². The van der Waals surface area contributed by atoms with E-state index in [0.29, 0.717) is 29.6 Å². The summed E-state index contributed by atoms with van der Waals surface area (Å²) in [6.07, 6.45) is 0. The lowest BCUT2D eigenvalue weighted by atomic mass is 10.1. The third-order valence-corrected chi connectivity index (χ3v) is 4.94. The first kappa shape index (κ1) is 16.4. The van der Waals surface area contributed by atoms with Crippen molar-refractivity contribution in [3.8, 4) is 5.75 Å². The molecule has 8 heteroatoms. The van der Waals surface area contributed by atoms with E-state index in [1.54, 1.807) is 14.2 Å². The van der Waals surface area contributed by atoms with Crippen LogP contribution in [0.4, 0.5) is 11.6 Å². The van der Waals surface area contributed by atoms with Crippen molar-refractivity contribution >= 4 is 22.8 Å². The molecule has 0 aliphatic carbocycles. The molecule has 4 rings (SSSR count). The van der Waals surface area contributed by atoms with Crippen LogP contribution in [0, 0.1) is 5.92 Å². The van der Waals surface area contributed by atoms with E-state index < -0.39 is 0 Å². The van der Waals surface area contributed by atoms with Gasteiger partial charge >= 0.3 is 5.69 Å². The minimum atomic E-state index is -0.373. The Kier molecular flexibility index (Phi) is 3.64. The lowest BCUT2D eigenvalue weighted by Crippen LogP contribution is -2.38. The number of nitrogens with zero attached hydrogens (tertiary/aromatic N) is 5. The third kappa shape index (κ3) is 2.25. The molecule has 1 aliphatic heterocycles. The Balaban J connectivity index is 1.98. The average Bonchev–Trinajstić information content (AvgIpc) is 3.03. The molecule has 3 aromatic rings. The Morgan fingerprint density at radius 1 is 1.08 bits per heavy atom. The summed E-state index contributed by atoms with van der Waals surface area (Å²) >= 11 is 0. The molecule has 0 fully saturated rings. The maximum atomic E-state index is 12.7. The molecule has 1 aliphatic rings. The Labute approximate surface area is 149 Å². The van der Waals surface area contributed by atoms with E-state index in [0.717, 1.165) is 22.5 Å². The minimum absolute atomic E-state index is 0.314. The number of aryl methyl sites for hydroxylation is 1. The molecule has 1 aromatic carbocycles. The fraction of sp³-hybridized carbons (Fsp3) is 0.389. The van der Waals surface area contributed by atoms with E-state index in [-0.39, 0.29) is 11.2 Å². The number of aromatic nitrogens is 4. The highest BCUT2D eigenvalue weighted by Crippen LogP contribution is 2.33. The summed E-state index contributed by atoms with van der Waals surface area (Å²) in [7, 11) is 4.77. The van der Waals surface area contributed by atoms with Crippen LogP contribution >= 0.6 is 0 Å². The van der Waals surface area contributed by atoms with E-state index in [1.165, 1.54) is 11.6 Å². The van der Waals surface area contributed by atoms with Gasteiger partial charge in [-0.05, 0) is 30.2 Å². The molecule has 0 saturated carbocycles. The predicted octanol–water partition coefficient (Wildman–Crippen LogP) is 1.23. The highest BCUT2D eigenvalue weighted by atomic mass is 16.5. The van der Waals surface area contributed by atoms with Gasteiger partial charge in [-0.1, -0.05) is 6.92 Å². The zero-order chi connectivity index (χ0) is 18.6. The number of methoxy groups -OCH3 is 1. The molecule has 1 unspecified atom stereocenters. The van der Waals surface area contributed by atoms with Crippen molar-refractivity contribution in [2.75, 3.05) is 18.6 Å². The fourth-order valence-electron chi connectivity index (χ4n) is 3.56. The highest BCUT2D eigenvalue weighted by molar-refractivity contribution is 5.77. The standard InChI is InChI=1S/C18H21N5O3/c1-11-9-22(12-5-7-13(26-4)8-6-12)17-19-15-14(23(17)10-11)16(24)21(3)18(25)20(15)2/h5-8,11H,9-10H2,1-4H3. The number of hydrogen-bond acceptors (Lipinski definition) is 5. The first-order chi connectivity index (χ1) is 12.4. The maximum Gasteiger partial charge on any atom is 0.332 e. The quantitative estimate of drug-likeness (QED) is 0.691. The molecule has 0 bridgehead atoms. The molecule has 3 heterocycles. The normalized spacial score (nSPS) is 16.8. The zero-order valence-electron chi connectivity index (χ0n) is 15.3. The molecule has 2 aromatic heterocycles. The van der Waals surface area contributed by atoms with Gasteiger partial charge < -0.3 is 14.2 Å². The van der Waals surface area contributed by atoms with Crippen molar-refractivity contribution in [3.05, 3.63) is 45.1 Å². The number of rotatable bonds is 2. The predicted molar refractivity (Wildman–Crippen MR) is 99.4 cm³/mol. The maximum absolute atomic E-state index is 12.7. The lowest BCUT2D eigenvalue weighted by molar-refractivity contribution is 0.414. The second-order valence-electron chi connectivity index (χ2n) is 6.81. The summed E-state index contributed by atoms with van der Waals surface area (Å²) in [5.41, 5.74) is 1.17. The van der Waals surface area contributed by atoms with Crippen molar-refractivity contribution in [3.63, 3.8) is 0 Å². The SMILES string of the molecule is COc1ccc(N2CC(C)Cn3c2nc2c3c(=O)n(C)c(=O)n2C)cc1. The monoisotopic (exact) mass is 355 g/mol. The fourth-order valence-corrected chi connectivity index (χ4v) is 3.56. The van der Waals surface area contributed by atoms with Crippen LogP contribution in [0.5, 0.6) is 5.75 Å². The second-order valence-corrected chi connectivity index (χ2v) is 6.81. The molecule has 0 spiro atoms. The van der Waals surface area contributed by atoms with Crippen molar-refractivity contribution in [2.24, 2.45) is 20.0 Å². The largest absolute Gasteiger partial charge is 0.497 e. The van der Waals surface area contributed by atoms with Gasteiger partial charge in [0.2, 0.25) is 5.95 Å². The number of hydrogen-bond donors (Lipinski definition) is 0. The van der Waals surface area contributed by atoms with Crippen LogP contribution in [0.25, 0.3) is 11.2 Å². The molecule has 0 N–H and O–H groups in total. The van der Waals surface area contributed by atoms with Gasteiger partial charge in [0.1, 0.15) is 5.75 Å². The Bertz CT molecular complexity index is 1110. The van der Waals surface area contributed by atoms with E-state index >= 15 is 0 Å².